The van der Waals surface area contributed by atoms with Gasteiger partial charge in [0.1, 0.15) is 5.69 Å². The first-order valence-electron chi connectivity index (χ1n) is 17.4. The number of para-hydroxylation sites is 2. The molecule has 0 bridgehead atoms. The maximum atomic E-state index is 12.9. The van der Waals surface area contributed by atoms with Gasteiger partial charge in [-0.2, -0.15) is 0 Å². The van der Waals surface area contributed by atoms with Gasteiger partial charge in [-0.25, -0.2) is 4.98 Å². The maximum Gasteiger partial charge on any atom is 0.271 e. The summed E-state index contributed by atoms with van der Waals surface area (Å²) in [5.41, 5.74) is 7.73. The molecule has 2 fully saturated rings. The highest BCUT2D eigenvalue weighted by Gasteiger charge is 2.40. The lowest BCUT2D eigenvalue weighted by Crippen LogP contribution is -2.46. The zero-order valence-electron chi connectivity index (χ0n) is 28.6. The van der Waals surface area contributed by atoms with Crippen molar-refractivity contribution in [3.63, 3.8) is 0 Å². The van der Waals surface area contributed by atoms with E-state index in [4.69, 9.17) is 14.2 Å². The second kappa shape index (κ2) is 15.6. The van der Waals surface area contributed by atoms with E-state index in [-0.39, 0.29) is 30.6 Å². The molecule has 9 nitrogen and oxygen atoms in total. The maximum absolute atomic E-state index is 12.9. The number of aromatic nitrogens is 2. The van der Waals surface area contributed by atoms with Crippen LogP contribution in [0.4, 0.5) is 0 Å². The average Bonchev–Trinajstić information content (AvgIpc) is 3.61. The first kappa shape index (κ1) is 34.0. The molecule has 0 aliphatic carbocycles. The van der Waals surface area contributed by atoms with Crippen molar-refractivity contribution in [1.82, 2.24) is 20.2 Å². The largest absolute Gasteiger partial charge is 0.392 e. The number of rotatable bonds is 11. The van der Waals surface area contributed by atoms with Gasteiger partial charge in [-0.3, -0.25) is 14.7 Å². The Bertz CT molecular complexity index is 1900. The van der Waals surface area contributed by atoms with E-state index < -0.39 is 6.29 Å². The van der Waals surface area contributed by atoms with Crippen LogP contribution in [-0.4, -0.2) is 64.8 Å². The average molecular weight is 673 g/mol. The molecule has 7 rings (SSSR count). The van der Waals surface area contributed by atoms with Crippen LogP contribution in [-0.2, 0) is 27.4 Å². The normalized spacial score (nSPS) is 22.5. The first-order chi connectivity index (χ1) is 24.5. The molecule has 5 aromatic rings. The zero-order chi connectivity index (χ0) is 34.5. The summed E-state index contributed by atoms with van der Waals surface area (Å²) < 4.78 is 19.0. The Morgan fingerprint density at radius 1 is 0.920 bits per heavy atom. The lowest BCUT2D eigenvalue weighted by atomic mass is 9.89. The van der Waals surface area contributed by atoms with Gasteiger partial charge in [0.25, 0.3) is 5.91 Å². The predicted molar refractivity (Wildman–Crippen MR) is 192 cm³/mol. The van der Waals surface area contributed by atoms with Gasteiger partial charge in [0.2, 0.25) is 0 Å². The summed E-state index contributed by atoms with van der Waals surface area (Å²) in [6, 6.07) is 32.5. The molecular formula is C41H44N4O5. The second-order valence-corrected chi connectivity index (χ2v) is 13.3. The third-order valence-electron chi connectivity index (χ3n) is 9.97. The molecule has 0 spiro atoms. The van der Waals surface area contributed by atoms with Gasteiger partial charge >= 0.3 is 0 Å². The second-order valence-electron chi connectivity index (χ2n) is 13.3. The smallest absolute Gasteiger partial charge is 0.271 e. The topological polar surface area (TPSA) is 106 Å². The van der Waals surface area contributed by atoms with Crippen LogP contribution in [0, 0.1) is 5.92 Å². The van der Waals surface area contributed by atoms with Crippen LogP contribution in [0.5, 0.6) is 0 Å². The Hall–Kier alpha value is -4.51. The van der Waals surface area contributed by atoms with Crippen molar-refractivity contribution in [2.24, 2.45) is 5.92 Å². The van der Waals surface area contributed by atoms with Gasteiger partial charge in [0.15, 0.2) is 6.29 Å². The Kier molecular flexibility index (Phi) is 10.6. The number of carbonyl (C=O) groups excluding carboxylic acids is 1. The minimum absolute atomic E-state index is 0.00990. The first-order valence-corrected chi connectivity index (χ1v) is 17.4. The number of benzene rings is 4. The molecule has 0 unspecified atom stereocenters. The lowest BCUT2D eigenvalue weighted by molar-refractivity contribution is -0.276. The fraction of sp³-hybridized carbons (Fsp3) is 0.341. The fourth-order valence-corrected chi connectivity index (χ4v) is 7.11. The minimum Gasteiger partial charge on any atom is -0.392 e. The fourth-order valence-electron chi connectivity index (χ4n) is 7.11. The van der Waals surface area contributed by atoms with Crippen LogP contribution in [0.15, 0.2) is 103 Å². The molecule has 2 aliphatic heterocycles. The molecule has 1 aromatic heterocycles. The van der Waals surface area contributed by atoms with E-state index in [0.717, 1.165) is 71.4 Å². The highest BCUT2D eigenvalue weighted by atomic mass is 16.7. The molecule has 0 radical (unpaired) electrons. The van der Waals surface area contributed by atoms with E-state index >= 15 is 0 Å². The van der Waals surface area contributed by atoms with Crippen molar-refractivity contribution in [1.29, 1.82) is 0 Å². The van der Waals surface area contributed by atoms with Gasteiger partial charge in [0.05, 0.1) is 42.7 Å². The van der Waals surface area contributed by atoms with Gasteiger partial charge < -0.3 is 24.6 Å². The van der Waals surface area contributed by atoms with Crippen molar-refractivity contribution < 1.29 is 24.1 Å². The summed E-state index contributed by atoms with van der Waals surface area (Å²) in [6.45, 7) is 5.16. The quantitative estimate of drug-likeness (QED) is 0.161. The SMILES string of the molecule is COC[C@@H]1CCCN1C[C@@H]1O[C@H](c2ccc(-c3cccc(CNC(=O)c4cnc5ccccc5n4)c3)cc2)O[C@H](c2ccc(CO)cc2)[C@@H]1C. The van der Waals surface area contributed by atoms with E-state index in [1.807, 2.05) is 48.5 Å². The molecule has 4 aromatic carbocycles. The molecule has 3 heterocycles. The highest BCUT2D eigenvalue weighted by molar-refractivity contribution is 5.93. The van der Waals surface area contributed by atoms with Crippen LogP contribution in [0.1, 0.15) is 64.9 Å². The molecule has 2 saturated heterocycles. The van der Waals surface area contributed by atoms with E-state index in [9.17, 15) is 9.90 Å². The van der Waals surface area contributed by atoms with Crippen LogP contribution in [0.25, 0.3) is 22.2 Å². The summed E-state index contributed by atoms with van der Waals surface area (Å²) in [6.07, 6.45) is 3.07. The number of aliphatic hydroxyl groups is 1. The number of carbonyl (C=O) groups is 1. The number of hydrogen-bond donors (Lipinski definition) is 2. The van der Waals surface area contributed by atoms with Crippen molar-refractivity contribution in [3.8, 4) is 11.1 Å². The Morgan fingerprint density at radius 2 is 1.70 bits per heavy atom. The summed E-state index contributed by atoms with van der Waals surface area (Å²) in [5.74, 6) is -0.148. The number of nitrogens with zero attached hydrogens (tertiary/aromatic N) is 3. The standard InChI is InChI=1S/C41H44N4O5/c1-27-38(24-45-20-6-9-34(45)26-48-2)49-41(50-39(27)31-14-12-28(25-46)13-15-31)32-18-16-30(17-19-32)33-8-5-7-29(21-33)22-43-40(47)37-23-42-35-10-3-4-11-36(35)44-37/h3-5,7-8,10-19,21,23,27,34,38-39,41,46H,6,9,20,22,24-26H2,1-2H3,(H,43,47)/t27-,34+,38+,39+,41+/m1/s1. The van der Waals surface area contributed by atoms with E-state index in [2.05, 4.69) is 75.6 Å². The van der Waals surface area contributed by atoms with Gasteiger partial charge in [-0.1, -0.05) is 85.8 Å². The van der Waals surface area contributed by atoms with E-state index in [1.165, 1.54) is 6.20 Å². The third-order valence-corrected chi connectivity index (χ3v) is 9.97. The number of aliphatic hydroxyl groups excluding tert-OH is 1. The van der Waals surface area contributed by atoms with Crippen molar-refractivity contribution in [2.45, 2.75) is 57.5 Å². The van der Waals surface area contributed by atoms with Crippen molar-refractivity contribution in [2.75, 3.05) is 26.8 Å². The van der Waals surface area contributed by atoms with E-state index in [1.54, 1.807) is 7.11 Å². The van der Waals surface area contributed by atoms with Crippen LogP contribution >= 0.6 is 0 Å². The Morgan fingerprint density at radius 3 is 2.48 bits per heavy atom. The van der Waals surface area contributed by atoms with Gasteiger partial charge in [-0.05, 0) is 65.4 Å². The molecule has 50 heavy (non-hydrogen) atoms. The Labute approximate surface area is 293 Å². The molecule has 9 heteroatoms. The molecule has 5 atom stereocenters. The summed E-state index contributed by atoms with van der Waals surface area (Å²) >= 11 is 0. The summed E-state index contributed by atoms with van der Waals surface area (Å²) in [7, 11) is 1.77. The number of ether oxygens (including phenoxy) is 3. The number of likely N-dealkylation sites (tertiary alicyclic amines) is 1. The Balaban J connectivity index is 1.06. The summed E-state index contributed by atoms with van der Waals surface area (Å²) in [5, 5.41) is 12.6. The molecular weight excluding hydrogens is 628 g/mol. The molecule has 1 amide bonds. The highest BCUT2D eigenvalue weighted by Crippen LogP contribution is 2.42. The predicted octanol–water partition coefficient (Wildman–Crippen LogP) is 6.62. The van der Waals surface area contributed by atoms with Gasteiger partial charge in [0, 0.05) is 37.7 Å². The van der Waals surface area contributed by atoms with Crippen LogP contribution in [0.3, 0.4) is 0 Å². The van der Waals surface area contributed by atoms with Crippen LogP contribution in [0.2, 0.25) is 0 Å². The van der Waals surface area contributed by atoms with Crippen molar-refractivity contribution >= 4 is 16.9 Å². The molecule has 2 aliphatic rings. The molecule has 2 N–H and O–H groups in total. The van der Waals surface area contributed by atoms with E-state index in [0.29, 0.717) is 23.8 Å². The number of amides is 1. The monoisotopic (exact) mass is 672 g/mol. The van der Waals surface area contributed by atoms with Crippen molar-refractivity contribution in [3.05, 3.63) is 131 Å². The number of methoxy groups -OCH3 is 1. The van der Waals surface area contributed by atoms with Crippen LogP contribution < -0.4 is 5.32 Å². The molecule has 0 saturated carbocycles. The number of nitrogens with one attached hydrogen (secondary N) is 1. The zero-order valence-corrected chi connectivity index (χ0v) is 28.6. The number of fused-ring (bicyclic) bond motifs is 1. The summed E-state index contributed by atoms with van der Waals surface area (Å²) in [4.78, 5) is 24.2. The lowest BCUT2D eigenvalue weighted by Gasteiger charge is -2.43. The number of hydrogen-bond acceptors (Lipinski definition) is 8. The molecule has 258 valence electrons. The van der Waals surface area contributed by atoms with Gasteiger partial charge in [-0.15, -0.1) is 0 Å². The third kappa shape index (κ3) is 7.62. The minimum atomic E-state index is -0.531.